The van der Waals surface area contributed by atoms with Gasteiger partial charge in [0.25, 0.3) is 15.1 Å². The third-order valence-corrected chi connectivity index (χ3v) is 4.17. The predicted octanol–water partition coefficient (Wildman–Crippen LogP) is 0.972. The second-order valence-electron chi connectivity index (χ2n) is 4.85. The fourth-order valence-electron chi connectivity index (χ4n) is 2.37. The molecule has 1 unspecified atom stereocenters. The number of nitrogens with two attached hydrogens (primary N) is 1. The maximum Gasteiger partial charge on any atom is 0.276 e. The molecule has 0 aliphatic carbocycles. The topological polar surface area (TPSA) is 116 Å². The second-order valence-corrected chi connectivity index (χ2v) is 6.35. The van der Waals surface area contributed by atoms with Crippen molar-refractivity contribution in [2.45, 2.75) is 5.92 Å². The average Bonchev–Trinajstić information content (AvgIpc) is 2.55. The normalized spacial score (nSPS) is 12.9. The molecule has 0 saturated carbocycles. The van der Waals surface area contributed by atoms with Gasteiger partial charge >= 0.3 is 0 Å². The second kappa shape index (κ2) is 5.82. The highest BCUT2D eigenvalue weighted by Gasteiger charge is 2.34. The van der Waals surface area contributed by atoms with Gasteiger partial charge in [-0.15, -0.1) is 0 Å². The van der Waals surface area contributed by atoms with Gasteiger partial charge in [-0.25, -0.2) is 23.5 Å². The van der Waals surface area contributed by atoms with Gasteiger partial charge in [0.05, 0.1) is 0 Å². The maximum atomic E-state index is 12.4. The molecule has 7 nitrogen and oxygen atoms in total. The molecule has 0 aliphatic rings. The number of rotatable bonds is 3. The Morgan fingerprint density at radius 1 is 1.04 bits per heavy atom. The van der Waals surface area contributed by atoms with Crippen molar-refractivity contribution in [3.63, 3.8) is 0 Å². The number of aromatic nitrogens is 3. The highest BCUT2D eigenvalue weighted by atomic mass is 32.2. The van der Waals surface area contributed by atoms with E-state index in [9.17, 15) is 13.2 Å². The molecule has 1 aromatic carbocycles. The molecule has 2 aromatic heterocycles. The Morgan fingerprint density at radius 3 is 2.43 bits per heavy atom. The molecule has 0 aliphatic heterocycles. The van der Waals surface area contributed by atoms with Gasteiger partial charge in [0.15, 0.2) is 0 Å². The molecule has 0 radical (unpaired) electrons. The van der Waals surface area contributed by atoms with Crippen molar-refractivity contribution in [1.29, 1.82) is 0 Å². The van der Waals surface area contributed by atoms with Crippen molar-refractivity contribution >= 4 is 25.9 Å². The van der Waals surface area contributed by atoms with E-state index in [1.165, 1.54) is 18.6 Å². The van der Waals surface area contributed by atoms with Crippen LogP contribution >= 0.6 is 0 Å². The van der Waals surface area contributed by atoms with Gasteiger partial charge in [0, 0.05) is 30.2 Å². The van der Waals surface area contributed by atoms with Gasteiger partial charge in [-0.05, 0) is 17.0 Å². The number of pyridine rings is 1. The minimum absolute atomic E-state index is 0.0599. The van der Waals surface area contributed by atoms with Crippen LogP contribution in [0.25, 0.3) is 10.8 Å². The summed E-state index contributed by atoms with van der Waals surface area (Å²) in [5.74, 6) is -1.17. The summed E-state index contributed by atoms with van der Waals surface area (Å²) in [4.78, 5) is 24.5. The highest BCUT2D eigenvalue weighted by Crippen LogP contribution is 2.29. The summed E-state index contributed by atoms with van der Waals surface area (Å²) in [6, 6.07) is 8.78. The van der Waals surface area contributed by atoms with E-state index in [0.717, 1.165) is 5.39 Å². The monoisotopic (exact) mass is 328 g/mol. The molecule has 2 heterocycles. The first-order chi connectivity index (χ1) is 11.0. The molecule has 0 fully saturated rings. The van der Waals surface area contributed by atoms with Crippen molar-refractivity contribution in [3.8, 4) is 0 Å². The Balaban J connectivity index is 2.29. The fourth-order valence-corrected chi connectivity index (χ4v) is 2.93. The molecule has 0 saturated heterocycles. The van der Waals surface area contributed by atoms with E-state index in [0.29, 0.717) is 10.9 Å². The Labute approximate surface area is 132 Å². The van der Waals surface area contributed by atoms with E-state index in [1.54, 1.807) is 24.4 Å². The van der Waals surface area contributed by atoms with Gasteiger partial charge in [-0.3, -0.25) is 9.78 Å². The number of nitrogens with zero attached hydrogens (tertiary/aromatic N) is 3. The van der Waals surface area contributed by atoms with Gasteiger partial charge in [0.1, 0.15) is 11.7 Å². The maximum absolute atomic E-state index is 12.4. The molecule has 0 amide bonds. The van der Waals surface area contributed by atoms with E-state index in [-0.39, 0.29) is 5.82 Å². The van der Waals surface area contributed by atoms with Crippen LogP contribution in [0.2, 0.25) is 0 Å². The van der Waals surface area contributed by atoms with Gasteiger partial charge < -0.3 is 0 Å². The van der Waals surface area contributed by atoms with Crippen LogP contribution in [0.3, 0.4) is 0 Å². The van der Waals surface area contributed by atoms with Crippen LogP contribution in [0, 0.1) is 0 Å². The first-order valence-corrected chi connectivity index (χ1v) is 8.19. The molecule has 116 valence electrons. The number of hydrogen-bond donors (Lipinski definition) is 1. The number of benzene rings is 1. The Morgan fingerprint density at radius 2 is 1.74 bits per heavy atom. The molecular weight excluding hydrogens is 316 g/mol. The van der Waals surface area contributed by atoms with Crippen LogP contribution in [0.5, 0.6) is 0 Å². The van der Waals surface area contributed by atoms with E-state index in [1.807, 2.05) is 12.1 Å². The Bertz CT molecular complexity index is 969. The third kappa shape index (κ3) is 2.94. The fraction of sp³-hybridized carbons (Fsp3) is 0.0667. The Hall–Kier alpha value is -2.71. The van der Waals surface area contributed by atoms with Crippen molar-refractivity contribution in [2.75, 3.05) is 0 Å². The number of sulfonamides is 1. The van der Waals surface area contributed by atoms with Crippen LogP contribution in [-0.4, -0.2) is 28.5 Å². The zero-order valence-electron chi connectivity index (χ0n) is 11.8. The van der Waals surface area contributed by atoms with Crippen LogP contribution in [0.15, 0.2) is 55.1 Å². The highest BCUT2D eigenvalue weighted by molar-refractivity contribution is 8.04. The minimum atomic E-state index is -4.41. The van der Waals surface area contributed by atoms with Crippen LogP contribution in [0.4, 0.5) is 0 Å². The first kappa shape index (κ1) is 15.2. The molecule has 0 bridgehead atoms. The summed E-state index contributed by atoms with van der Waals surface area (Å²) in [6.07, 6.45) is 5.93. The average molecular weight is 328 g/mol. The zero-order valence-corrected chi connectivity index (χ0v) is 12.6. The molecule has 3 rings (SSSR count). The summed E-state index contributed by atoms with van der Waals surface area (Å²) >= 11 is 0. The summed E-state index contributed by atoms with van der Waals surface area (Å²) in [5.41, 5.74) is 0.397. The van der Waals surface area contributed by atoms with E-state index in [2.05, 4.69) is 15.0 Å². The molecule has 8 heteroatoms. The lowest BCUT2D eigenvalue weighted by atomic mass is 9.96. The van der Waals surface area contributed by atoms with E-state index < -0.39 is 21.1 Å². The number of primary sulfonamides is 1. The van der Waals surface area contributed by atoms with Gasteiger partial charge in [-0.1, -0.05) is 24.3 Å². The molecule has 23 heavy (non-hydrogen) atoms. The first-order valence-electron chi connectivity index (χ1n) is 6.64. The van der Waals surface area contributed by atoms with E-state index >= 15 is 0 Å². The summed E-state index contributed by atoms with van der Waals surface area (Å²) in [6.45, 7) is 0. The third-order valence-electron chi connectivity index (χ3n) is 3.37. The number of hydrogen-bond acceptors (Lipinski definition) is 6. The molecule has 3 aromatic rings. The van der Waals surface area contributed by atoms with Crippen LogP contribution < -0.4 is 5.14 Å². The quantitative estimate of drug-likeness (QED) is 0.766. The lowest BCUT2D eigenvalue weighted by Crippen LogP contribution is -2.30. The van der Waals surface area contributed by atoms with Crippen LogP contribution in [0.1, 0.15) is 17.3 Å². The van der Waals surface area contributed by atoms with Crippen molar-refractivity contribution in [1.82, 2.24) is 15.0 Å². The molecule has 1 atom stereocenters. The van der Waals surface area contributed by atoms with Crippen molar-refractivity contribution < 1.29 is 13.2 Å². The standard InChI is InChI=1S/C15H12N4O3S/c16-23(21,22)15(20)13(14-18-6-3-7-19-14)12-9-17-8-10-4-1-2-5-11(10)12/h1-9,13H,(H2,16,21,22). The lowest BCUT2D eigenvalue weighted by molar-refractivity contribution is -0.112. The van der Waals surface area contributed by atoms with Crippen molar-refractivity contribution in [2.24, 2.45) is 5.14 Å². The summed E-state index contributed by atoms with van der Waals surface area (Å²) < 4.78 is 23.2. The Kier molecular flexibility index (Phi) is 3.85. The number of carbonyl (C=O) groups is 1. The molecule has 0 spiro atoms. The van der Waals surface area contributed by atoms with Crippen molar-refractivity contribution in [3.05, 3.63) is 66.5 Å². The zero-order chi connectivity index (χ0) is 16.4. The van der Waals surface area contributed by atoms with E-state index in [4.69, 9.17) is 5.14 Å². The smallest absolute Gasteiger partial charge is 0.276 e. The predicted molar refractivity (Wildman–Crippen MR) is 83.7 cm³/mol. The van der Waals surface area contributed by atoms with Gasteiger partial charge in [-0.2, -0.15) is 0 Å². The summed E-state index contributed by atoms with van der Waals surface area (Å²) in [5, 5.41) is 5.34. The number of carbonyl (C=O) groups excluding carboxylic acids is 1. The largest absolute Gasteiger partial charge is 0.279 e. The SMILES string of the molecule is NS(=O)(=O)C(=O)C(c1ncccn1)c1cncc2ccccc12. The summed E-state index contributed by atoms with van der Waals surface area (Å²) in [7, 11) is -4.41. The minimum Gasteiger partial charge on any atom is -0.279 e. The van der Waals surface area contributed by atoms with Crippen LogP contribution in [-0.2, 0) is 14.8 Å². The number of fused-ring (bicyclic) bond motifs is 1. The van der Waals surface area contributed by atoms with Gasteiger partial charge in [0.2, 0.25) is 0 Å². The molecular formula is C15H12N4O3S. The lowest BCUT2D eigenvalue weighted by Gasteiger charge is -2.15. The molecule has 2 N–H and O–H groups in total.